The molecule has 1 rings (SSSR count). The number of hydrogen-bond donors (Lipinski definition) is 2. The summed E-state index contributed by atoms with van der Waals surface area (Å²) < 4.78 is 0. The highest BCUT2D eigenvalue weighted by molar-refractivity contribution is 5.73. The molecule has 124 valence electrons. The standard InChI is InChI=1S/C15H32N4O2/c1-13(20)5-9-18(4)15(21)16-8-12-19-10-6-14(7-11-19)17(2)3/h13-14,20H,5-12H2,1-4H3,(H,16,21). The molecule has 6 nitrogen and oxygen atoms in total. The molecule has 2 N–H and O–H groups in total. The summed E-state index contributed by atoms with van der Waals surface area (Å²) in [6.45, 7) is 6.13. The van der Waals surface area contributed by atoms with Crippen LogP contribution in [-0.4, -0.2) is 91.8 Å². The Morgan fingerprint density at radius 2 is 1.95 bits per heavy atom. The molecular weight excluding hydrogens is 268 g/mol. The largest absolute Gasteiger partial charge is 0.393 e. The minimum Gasteiger partial charge on any atom is -0.393 e. The Kier molecular flexibility index (Phi) is 8.00. The van der Waals surface area contributed by atoms with Gasteiger partial charge in [0.2, 0.25) is 0 Å². The van der Waals surface area contributed by atoms with Gasteiger partial charge in [-0.05, 0) is 53.4 Å². The zero-order valence-electron chi connectivity index (χ0n) is 14.0. The fourth-order valence-corrected chi connectivity index (χ4v) is 2.60. The summed E-state index contributed by atoms with van der Waals surface area (Å²) in [4.78, 5) is 18.2. The van der Waals surface area contributed by atoms with E-state index in [1.54, 1.807) is 18.9 Å². The van der Waals surface area contributed by atoms with Crippen molar-refractivity contribution in [2.24, 2.45) is 0 Å². The van der Waals surface area contributed by atoms with Gasteiger partial charge in [-0.15, -0.1) is 0 Å². The fourth-order valence-electron chi connectivity index (χ4n) is 2.60. The number of urea groups is 1. The lowest BCUT2D eigenvalue weighted by molar-refractivity contribution is 0.143. The van der Waals surface area contributed by atoms with E-state index in [0.717, 1.165) is 19.6 Å². The maximum atomic E-state index is 11.8. The number of nitrogens with one attached hydrogen (secondary N) is 1. The number of hydrogen-bond acceptors (Lipinski definition) is 4. The van der Waals surface area contributed by atoms with E-state index in [1.807, 2.05) is 0 Å². The van der Waals surface area contributed by atoms with Gasteiger partial charge in [0.1, 0.15) is 0 Å². The normalized spacial score (nSPS) is 18.8. The summed E-state index contributed by atoms with van der Waals surface area (Å²) in [6.07, 6.45) is 2.66. The molecule has 1 aliphatic heterocycles. The van der Waals surface area contributed by atoms with Crippen molar-refractivity contribution < 1.29 is 9.90 Å². The summed E-state index contributed by atoms with van der Waals surface area (Å²) in [5.41, 5.74) is 0. The van der Waals surface area contributed by atoms with Crippen molar-refractivity contribution in [1.29, 1.82) is 0 Å². The third-order valence-electron chi connectivity index (χ3n) is 4.22. The van der Waals surface area contributed by atoms with E-state index in [0.29, 0.717) is 25.6 Å². The van der Waals surface area contributed by atoms with Crippen molar-refractivity contribution >= 4 is 6.03 Å². The summed E-state index contributed by atoms with van der Waals surface area (Å²) in [6, 6.07) is 0.640. The van der Waals surface area contributed by atoms with Crippen molar-refractivity contribution in [2.75, 3.05) is 53.9 Å². The molecule has 1 fully saturated rings. The fraction of sp³-hybridized carbons (Fsp3) is 0.933. The van der Waals surface area contributed by atoms with E-state index in [1.165, 1.54) is 12.8 Å². The highest BCUT2D eigenvalue weighted by Crippen LogP contribution is 2.13. The Hall–Kier alpha value is -0.850. The van der Waals surface area contributed by atoms with Gasteiger partial charge in [0.05, 0.1) is 6.10 Å². The lowest BCUT2D eigenvalue weighted by Crippen LogP contribution is -2.46. The number of piperidine rings is 1. The third-order valence-corrected chi connectivity index (χ3v) is 4.22. The van der Waals surface area contributed by atoms with Gasteiger partial charge in [-0.1, -0.05) is 0 Å². The number of amides is 2. The highest BCUT2D eigenvalue weighted by atomic mass is 16.3. The first-order valence-corrected chi connectivity index (χ1v) is 7.96. The van der Waals surface area contributed by atoms with Gasteiger partial charge in [0, 0.05) is 32.7 Å². The van der Waals surface area contributed by atoms with Crippen molar-refractivity contribution in [1.82, 2.24) is 20.0 Å². The van der Waals surface area contributed by atoms with E-state index in [2.05, 4.69) is 29.2 Å². The molecule has 0 spiro atoms. The van der Waals surface area contributed by atoms with Crippen LogP contribution >= 0.6 is 0 Å². The molecule has 0 radical (unpaired) electrons. The highest BCUT2D eigenvalue weighted by Gasteiger charge is 2.20. The second-order valence-corrected chi connectivity index (χ2v) is 6.33. The SMILES string of the molecule is CC(O)CCN(C)C(=O)NCCN1CCC(N(C)C)CC1. The van der Waals surface area contributed by atoms with Crippen LogP contribution in [0.2, 0.25) is 0 Å². The van der Waals surface area contributed by atoms with Crippen LogP contribution in [0.1, 0.15) is 26.2 Å². The molecule has 1 atom stereocenters. The average Bonchev–Trinajstić information content (AvgIpc) is 2.45. The molecule has 2 amide bonds. The van der Waals surface area contributed by atoms with Gasteiger partial charge in [0.15, 0.2) is 0 Å². The Bertz CT molecular complexity index is 302. The number of aliphatic hydroxyl groups excluding tert-OH is 1. The predicted molar refractivity (Wildman–Crippen MR) is 85.5 cm³/mol. The summed E-state index contributed by atoms with van der Waals surface area (Å²) >= 11 is 0. The van der Waals surface area contributed by atoms with Crippen LogP contribution in [0, 0.1) is 0 Å². The van der Waals surface area contributed by atoms with Crippen molar-refractivity contribution in [2.45, 2.75) is 38.3 Å². The maximum absolute atomic E-state index is 11.8. The molecule has 6 heteroatoms. The number of carbonyl (C=O) groups is 1. The van der Waals surface area contributed by atoms with Gasteiger partial charge in [0.25, 0.3) is 0 Å². The first-order chi connectivity index (χ1) is 9.90. The van der Waals surface area contributed by atoms with Crippen molar-refractivity contribution in [3.05, 3.63) is 0 Å². The van der Waals surface area contributed by atoms with E-state index in [9.17, 15) is 9.90 Å². The van der Waals surface area contributed by atoms with Crippen LogP contribution in [-0.2, 0) is 0 Å². The Balaban J connectivity index is 2.12. The van der Waals surface area contributed by atoms with Crippen LogP contribution in [0.4, 0.5) is 4.79 Å². The van der Waals surface area contributed by atoms with Crippen LogP contribution in [0.3, 0.4) is 0 Å². The minimum atomic E-state index is -0.363. The van der Waals surface area contributed by atoms with E-state index in [-0.39, 0.29) is 12.1 Å². The molecule has 1 unspecified atom stereocenters. The predicted octanol–water partition coefficient (Wildman–Crippen LogP) is 0.425. The lowest BCUT2D eigenvalue weighted by Gasteiger charge is -2.35. The molecule has 0 aromatic rings. The molecule has 21 heavy (non-hydrogen) atoms. The van der Waals surface area contributed by atoms with Crippen LogP contribution in [0.15, 0.2) is 0 Å². The zero-order chi connectivity index (χ0) is 15.8. The van der Waals surface area contributed by atoms with Gasteiger partial charge < -0.3 is 25.1 Å². The lowest BCUT2D eigenvalue weighted by atomic mass is 10.0. The number of nitrogens with zero attached hydrogens (tertiary/aromatic N) is 3. The molecular formula is C15H32N4O2. The first-order valence-electron chi connectivity index (χ1n) is 7.96. The van der Waals surface area contributed by atoms with E-state index >= 15 is 0 Å². The van der Waals surface area contributed by atoms with Crippen LogP contribution in [0.25, 0.3) is 0 Å². The molecule has 1 saturated heterocycles. The summed E-state index contributed by atoms with van der Waals surface area (Å²) in [5, 5.41) is 12.2. The molecule has 0 aromatic carbocycles. The second kappa shape index (κ2) is 9.23. The number of carbonyl (C=O) groups excluding carboxylic acids is 1. The van der Waals surface area contributed by atoms with Gasteiger partial charge in [-0.25, -0.2) is 4.79 Å². The summed E-state index contributed by atoms with van der Waals surface area (Å²) in [7, 11) is 6.05. The van der Waals surface area contributed by atoms with Crippen LogP contribution < -0.4 is 5.32 Å². The first kappa shape index (κ1) is 18.2. The molecule has 0 aromatic heterocycles. The van der Waals surface area contributed by atoms with Gasteiger partial charge in [-0.3, -0.25) is 0 Å². The molecule has 0 aliphatic carbocycles. The minimum absolute atomic E-state index is 0.0566. The van der Waals surface area contributed by atoms with Gasteiger partial charge >= 0.3 is 6.03 Å². The number of likely N-dealkylation sites (tertiary alicyclic amines) is 1. The summed E-state index contributed by atoms with van der Waals surface area (Å²) in [5.74, 6) is 0. The van der Waals surface area contributed by atoms with E-state index < -0.39 is 0 Å². The Morgan fingerprint density at radius 3 is 2.48 bits per heavy atom. The Labute approximate surface area is 129 Å². The number of aliphatic hydroxyl groups is 1. The van der Waals surface area contributed by atoms with E-state index in [4.69, 9.17) is 0 Å². The monoisotopic (exact) mass is 300 g/mol. The third kappa shape index (κ3) is 7.11. The van der Waals surface area contributed by atoms with Crippen molar-refractivity contribution in [3.63, 3.8) is 0 Å². The van der Waals surface area contributed by atoms with Crippen LogP contribution in [0.5, 0.6) is 0 Å². The molecule has 1 heterocycles. The van der Waals surface area contributed by atoms with Crippen molar-refractivity contribution in [3.8, 4) is 0 Å². The topological polar surface area (TPSA) is 59.1 Å². The maximum Gasteiger partial charge on any atom is 0.317 e. The second-order valence-electron chi connectivity index (χ2n) is 6.33. The Morgan fingerprint density at radius 1 is 1.33 bits per heavy atom. The smallest absolute Gasteiger partial charge is 0.317 e. The average molecular weight is 300 g/mol. The molecule has 0 bridgehead atoms. The van der Waals surface area contributed by atoms with Gasteiger partial charge in [-0.2, -0.15) is 0 Å². The quantitative estimate of drug-likeness (QED) is 0.716. The zero-order valence-corrected chi connectivity index (χ0v) is 14.0. The molecule has 0 saturated carbocycles. The molecule has 1 aliphatic rings. The number of rotatable bonds is 7.